The van der Waals surface area contributed by atoms with Gasteiger partial charge in [0.25, 0.3) is 0 Å². The minimum absolute atomic E-state index is 0.103. The predicted molar refractivity (Wildman–Crippen MR) is 53.3 cm³/mol. The highest BCUT2D eigenvalue weighted by molar-refractivity contribution is 7.98. The van der Waals surface area contributed by atoms with E-state index in [-0.39, 0.29) is 6.04 Å². The van der Waals surface area contributed by atoms with E-state index in [0.717, 1.165) is 17.3 Å². The number of hydrogen-bond acceptors (Lipinski definition) is 3. The van der Waals surface area contributed by atoms with Crippen LogP contribution in [-0.2, 0) is 7.05 Å². The largest absolute Gasteiger partial charge is 0.334 e. The maximum Gasteiger partial charge on any atom is 0.105 e. The number of hydrogen-bond donors (Lipinski definition) is 1. The Morgan fingerprint density at radius 1 is 1.75 bits per heavy atom. The van der Waals surface area contributed by atoms with Crippen molar-refractivity contribution in [1.82, 2.24) is 9.55 Å². The topological polar surface area (TPSA) is 43.8 Å². The fourth-order valence-corrected chi connectivity index (χ4v) is 1.66. The van der Waals surface area contributed by atoms with E-state index < -0.39 is 0 Å². The molecule has 0 aliphatic rings. The lowest BCUT2D eigenvalue weighted by Crippen LogP contribution is -2.16. The van der Waals surface area contributed by atoms with Gasteiger partial charge < -0.3 is 10.3 Å². The lowest BCUT2D eigenvalue weighted by Gasteiger charge is -2.10. The van der Waals surface area contributed by atoms with E-state index in [1.807, 2.05) is 24.7 Å². The third-order valence-electron chi connectivity index (χ3n) is 1.98. The fourth-order valence-electron chi connectivity index (χ4n) is 1.13. The van der Waals surface area contributed by atoms with Gasteiger partial charge in [-0.1, -0.05) is 0 Å². The van der Waals surface area contributed by atoms with E-state index in [4.69, 9.17) is 5.73 Å². The Hall–Kier alpha value is -0.480. The molecule has 2 N–H and O–H groups in total. The van der Waals surface area contributed by atoms with Crippen LogP contribution in [0.25, 0.3) is 0 Å². The van der Waals surface area contributed by atoms with Crippen LogP contribution in [-0.4, -0.2) is 21.6 Å². The molecule has 1 atom stereocenters. The number of aromatic nitrogens is 2. The zero-order valence-corrected chi connectivity index (χ0v) is 8.56. The maximum atomic E-state index is 5.94. The average Bonchev–Trinajstić information content (AvgIpc) is 2.34. The van der Waals surface area contributed by atoms with Crippen molar-refractivity contribution < 1.29 is 0 Å². The third kappa shape index (κ3) is 1.81. The normalized spacial score (nSPS) is 13.3. The summed E-state index contributed by atoms with van der Waals surface area (Å²) < 4.78 is 2.04. The Kier molecular flexibility index (Phi) is 3.17. The molecule has 0 spiro atoms. The zero-order chi connectivity index (χ0) is 9.14. The van der Waals surface area contributed by atoms with E-state index in [1.165, 1.54) is 0 Å². The zero-order valence-electron chi connectivity index (χ0n) is 7.74. The first-order valence-corrected chi connectivity index (χ1v) is 5.29. The molecule has 0 radical (unpaired) electrons. The highest BCUT2D eigenvalue weighted by atomic mass is 32.2. The Balaban J connectivity index is 2.80. The summed E-state index contributed by atoms with van der Waals surface area (Å²) in [4.78, 5) is 4.19. The van der Waals surface area contributed by atoms with E-state index in [1.54, 1.807) is 11.8 Å². The molecule has 1 unspecified atom stereocenters. The summed E-state index contributed by atoms with van der Waals surface area (Å²) in [6.07, 6.45) is 3.92. The Morgan fingerprint density at radius 2 is 2.42 bits per heavy atom. The second kappa shape index (κ2) is 3.96. The number of imidazole rings is 1. The van der Waals surface area contributed by atoms with Crippen LogP contribution in [0.15, 0.2) is 6.20 Å². The van der Waals surface area contributed by atoms with Crippen molar-refractivity contribution in [3.63, 3.8) is 0 Å². The van der Waals surface area contributed by atoms with Crippen LogP contribution in [0.1, 0.15) is 17.6 Å². The van der Waals surface area contributed by atoms with Crippen molar-refractivity contribution in [2.24, 2.45) is 12.8 Å². The number of nitrogens with zero attached hydrogens (tertiary/aromatic N) is 2. The molecule has 0 bridgehead atoms. The molecule has 3 nitrogen and oxygen atoms in total. The van der Waals surface area contributed by atoms with E-state index >= 15 is 0 Å². The van der Waals surface area contributed by atoms with Crippen molar-refractivity contribution in [1.29, 1.82) is 0 Å². The highest BCUT2D eigenvalue weighted by Crippen LogP contribution is 2.14. The van der Waals surface area contributed by atoms with Crippen LogP contribution in [0.2, 0.25) is 0 Å². The SMILES string of the molecule is CSCC(N)c1cnc(C)n1C. The molecule has 0 aliphatic heterocycles. The van der Waals surface area contributed by atoms with E-state index in [2.05, 4.69) is 11.2 Å². The minimum atomic E-state index is 0.103. The molecule has 0 saturated heterocycles. The molecule has 12 heavy (non-hydrogen) atoms. The van der Waals surface area contributed by atoms with Gasteiger partial charge in [-0.3, -0.25) is 0 Å². The van der Waals surface area contributed by atoms with Gasteiger partial charge in [-0.05, 0) is 13.2 Å². The molecular formula is C8H15N3S. The van der Waals surface area contributed by atoms with Gasteiger partial charge >= 0.3 is 0 Å². The molecule has 0 fully saturated rings. The second-order valence-corrected chi connectivity index (χ2v) is 3.76. The van der Waals surface area contributed by atoms with Crippen molar-refractivity contribution in [3.8, 4) is 0 Å². The standard InChI is InChI=1S/C8H15N3S/c1-6-10-4-8(11(6)2)7(9)5-12-3/h4,7H,5,9H2,1-3H3. The van der Waals surface area contributed by atoms with Crippen molar-refractivity contribution >= 4 is 11.8 Å². The monoisotopic (exact) mass is 185 g/mol. The number of rotatable bonds is 3. The Bertz CT molecular complexity index is 257. The van der Waals surface area contributed by atoms with Crippen LogP contribution in [0.4, 0.5) is 0 Å². The molecule has 1 rings (SSSR count). The maximum absolute atomic E-state index is 5.94. The first-order chi connectivity index (χ1) is 5.66. The third-order valence-corrected chi connectivity index (χ3v) is 2.67. The lowest BCUT2D eigenvalue weighted by atomic mass is 10.3. The Labute approximate surface area is 77.4 Å². The quantitative estimate of drug-likeness (QED) is 0.766. The van der Waals surface area contributed by atoms with Gasteiger partial charge in [0.05, 0.1) is 17.9 Å². The smallest absolute Gasteiger partial charge is 0.105 e. The van der Waals surface area contributed by atoms with E-state index in [0.29, 0.717) is 0 Å². The van der Waals surface area contributed by atoms with Gasteiger partial charge in [0.2, 0.25) is 0 Å². The average molecular weight is 185 g/mol. The predicted octanol–water partition coefficient (Wildman–Crippen LogP) is 1.09. The van der Waals surface area contributed by atoms with Crippen LogP contribution in [0.3, 0.4) is 0 Å². The van der Waals surface area contributed by atoms with Crippen LogP contribution < -0.4 is 5.73 Å². The summed E-state index contributed by atoms with van der Waals surface area (Å²) in [6.45, 7) is 1.98. The molecule has 0 aliphatic carbocycles. The van der Waals surface area contributed by atoms with Gasteiger partial charge in [0.15, 0.2) is 0 Å². The van der Waals surface area contributed by atoms with Crippen LogP contribution in [0, 0.1) is 6.92 Å². The van der Waals surface area contributed by atoms with E-state index in [9.17, 15) is 0 Å². The van der Waals surface area contributed by atoms with Crippen molar-refractivity contribution in [2.75, 3.05) is 12.0 Å². The summed E-state index contributed by atoms with van der Waals surface area (Å²) >= 11 is 1.76. The highest BCUT2D eigenvalue weighted by Gasteiger charge is 2.10. The summed E-state index contributed by atoms with van der Waals surface area (Å²) in [5.74, 6) is 1.96. The molecule has 4 heteroatoms. The number of nitrogens with two attached hydrogens (primary N) is 1. The summed E-state index contributed by atoms with van der Waals surface area (Å²) in [5, 5.41) is 0. The molecule has 68 valence electrons. The number of aryl methyl sites for hydroxylation is 1. The summed E-state index contributed by atoms with van der Waals surface area (Å²) in [6, 6.07) is 0.103. The summed E-state index contributed by atoms with van der Waals surface area (Å²) in [5.41, 5.74) is 7.05. The molecule has 1 aromatic heterocycles. The van der Waals surface area contributed by atoms with Crippen LogP contribution in [0.5, 0.6) is 0 Å². The first kappa shape index (κ1) is 9.61. The molecule has 0 aromatic carbocycles. The van der Waals surface area contributed by atoms with Gasteiger partial charge in [-0.25, -0.2) is 4.98 Å². The molecule has 0 saturated carbocycles. The van der Waals surface area contributed by atoms with Crippen molar-refractivity contribution in [3.05, 3.63) is 17.7 Å². The molecule has 1 aromatic rings. The van der Waals surface area contributed by atoms with Gasteiger partial charge in [-0.15, -0.1) is 0 Å². The fraction of sp³-hybridized carbons (Fsp3) is 0.625. The molecular weight excluding hydrogens is 170 g/mol. The minimum Gasteiger partial charge on any atom is -0.334 e. The summed E-state index contributed by atoms with van der Waals surface area (Å²) in [7, 11) is 2.00. The van der Waals surface area contributed by atoms with Crippen LogP contribution >= 0.6 is 11.8 Å². The Morgan fingerprint density at radius 3 is 2.83 bits per heavy atom. The lowest BCUT2D eigenvalue weighted by molar-refractivity contribution is 0.709. The number of thioether (sulfide) groups is 1. The van der Waals surface area contributed by atoms with Gasteiger partial charge in [-0.2, -0.15) is 11.8 Å². The second-order valence-electron chi connectivity index (χ2n) is 2.85. The first-order valence-electron chi connectivity index (χ1n) is 3.89. The molecule has 0 amide bonds. The van der Waals surface area contributed by atoms with Gasteiger partial charge in [0.1, 0.15) is 5.82 Å². The molecule has 1 heterocycles. The van der Waals surface area contributed by atoms with Gasteiger partial charge in [0, 0.05) is 12.8 Å². The van der Waals surface area contributed by atoms with Crippen molar-refractivity contribution in [2.45, 2.75) is 13.0 Å².